The van der Waals surface area contributed by atoms with Gasteiger partial charge in [0.15, 0.2) is 0 Å². The highest BCUT2D eigenvalue weighted by Gasteiger charge is 2.18. The van der Waals surface area contributed by atoms with E-state index in [1.165, 1.54) is 12.1 Å². The molecular formula is C16H24F2N2O. The molecule has 0 saturated carbocycles. The number of hydrogen-bond donors (Lipinski definition) is 0. The molecule has 3 nitrogen and oxygen atoms in total. The summed E-state index contributed by atoms with van der Waals surface area (Å²) in [5, 5.41) is 0. The van der Waals surface area contributed by atoms with E-state index in [9.17, 15) is 8.78 Å². The van der Waals surface area contributed by atoms with Crippen LogP contribution < -0.4 is 0 Å². The molecule has 1 unspecified atom stereocenters. The average molecular weight is 298 g/mol. The van der Waals surface area contributed by atoms with Crippen molar-refractivity contribution in [3.8, 4) is 0 Å². The van der Waals surface area contributed by atoms with E-state index in [0.717, 1.165) is 45.5 Å². The maximum absolute atomic E-state index is 13.1. The van der Waals surface area contributed by atoms with Crippen LogP contribution in [0.3, 0.4) is 0 Å². The van der Waals surface area contributed by atoms with Gasteiger partial charge in [0.05, 0.1) is 13.2 Å². The quantitative estimate of drug-likeness (QED) is 0.800. The Morgan fingerprint density at radius 1 is 1.19 bits per heavy atom. The molecule has 0 amide bonds. The number of rotatable bonds is 6. The van der Waals surface area contributed by atoms with Crippen molar-refractivity contribution in [2.24, 2.45) is 0 Å². The number of halogens is 2. The van der Waals surface area contributed by atoms with Crippen LogP contribution in [0.2, 0.25) is 0 Å². The molecule has 0 N–H and O–H groups in total. The molecule has 1 atom stereocenters. The first-order valence-electron chi connectivity index (χ1n) is 7.50. The molecular weight excluding hydrogens is 274 g/mol. The summed E-state index contributed by atoms with van der Waals surface area (Å²) in [4.78, 5) is 4.63. The van der Waals surface area contributed by atoms with Crippen molar-refractivity contribution in [1.82, 2.24) is 9.80 Å². The van der Waals surface area contributed by atoms with Gasteiger partial charge in [-0.05, 0) is 38.1 Å². The fourth-order valence-electron chi connectivity index (χ4n) is 2.75. The van der Waals surface area contributed by atoms with Gasteiger partial charge in [-0.15, -0.1) is 0 Å². The fourth-order valence-corrected chi connectivity index (χ4v) is 2.75. The summed E-state index contributed by atoms with van der Waals surface area (Å²) in [5.41, 5.74) is 0.707. The smallest absolute Gasteiger partial charge is 0.126 e. The van der Waals surface area contributed by atoms with Gasteiger partial charge < -0.3 is 9.64 Å². The first-order valence-corrected chi connectivity index (χ1v) is 7.50. The summed E-state index contributed by atoms with van der Waals surface area (Å²) in [6.45, 7) is 7.50. The summed E-state index contributed by atoms with van der Waals surface area (Å²) in [5.74, 6) is -1.01. The van der Waals surface area contributed by atoms with Gasteiger partial charge in [-0.1, -0.05) is 0 Å². The Kier molecular flexibility index (Phi) is 6.08. The highest BCUT2D eigenvalue weighted by atomic mass is 19.1. The molecule has 21 heavy (non-hydrogen) atoms. The first-order chi connectivity index (χ1) is 10.0. The van der Waals surface area contributed by atoms with E-state index < -0.39 is 11.6 Å². The Morgan fingerprint density at radius 3 is 2.43 bits per heavy atom. The number of hydrogen-bond acceptors (Lipinski definition) is 3. The Bertz CT molecular complexity index is 430. The number of morpholine rings is 1. The van der Waals surface area contributed by atoms with Crippen LogP contribution in [0, 0.1) is 11.6 Å². The average Bonchev–Trinajstić information content (AvgIpc) is 2.45. The zero-order valence-electron chi connectivity index (χ0n) is 12.8. The zero-order chi connectivity index (χ0) is 15.2. The van der Waals surface area contributed by atoms with Crippen molar-refractivity contribution in [2.75, 3.05) is 46.4 Å². The lowest BCUT2D eigenvalue weighted by Gasteiger charge is -2.34. The molecule has 0 spiro atoms. The molecule has 5 heteroatoms. The zero-order valence-corrected chi connectivity index (χ0v) is 12.8. The number of nitrogens with zero attached hydrogens (tertiary/aromatic N) is 2. The van der Waals surface area contributed by atoms with Gasteiger partial charge in [-0.2, -0.15) is 0 Å². The van der Waals surface area contributed by atoms with Crippen LogP contribution in [0.5, 0.6) is 0 Å². The predicted molar refractivity (Wildman–Crippen MR) is 79.4 cm³/mol. The fraction of sp³-hybridized carbons (Fsp3) is 0.625. The largest absolute Gasteiger partial charge is 0.379 e. The SMILES string of the molecule is CC(CN(C)CCc1cc(F)cc(F)c1)N1CCOCC1. The van der Waals surface area contributed by atoms with Gasteiger partial charge in [0, 0.05) is 38.3 Å². The van der Waals surface area contributed by atoms with E-state index in [2.05, 4.69) is 16.7 Å². The Labute approximate surface area is 125 Å². The lowest BCUT2D eigenvalue weighted by atomic mass is 10.1. The second-order valence-corrected chi connectivity index (χ2v) is 5.79. The monoisotopic (exact) mass is 298 g/mol. The van der Waals surface area contributed by atoms with Crippen LogP contribution >= 0.6 is 0 Å². The molecule has 2 rings (SSSR count). The summed E-state index contributed by atoms with van der Waals surface area (Å²) < 4.78 is 31.6. The first kappa shape index (κ1) is 16.3. The van der Waals surface area contributed by atoms with Crippen molar-refractivity contribution in [1.29, 1.82) is 0 Å². The van der Waals surface area contributed by atoms with Crippen LogP contribution in [0.25, 0.3) is 0 Å². The third-order valence-corrected chi connectivity index (χ3v) is 3.95. The standard InChI is InChI=1S/C16H24F2N2O/c1-13(20-5-7-21-8-6-20)12-19(2)4-3-14-9-15(17)11-16(18)10-14/h9-11,13H,3-8,12H2,1-2H3. The lowest BCUT2D eigenvalue weighted by molar-refractivity contribution is 0.0142. The van der Waals surface area contributed by atoms with E-state index >= 15 is 0 Å². The van der Waals surface area contributed by atoms with Crippen LogP contribution in [-0.4, -0.2) is 62.3 Å². The molecule has 1 aromatic rings. The molecule has 118 valence electrons. The van der Waals surface area contributed by atoms with E-state index in [4.69, 9.17) is 4.74 Å². The second-order valence-electron chi connectivity index (χ2n) is 5.79. The minimum absolute atomic E-state index is 0.461. The number of likely N-dealkylation sites (N-methyl/N-ethyl adjacent to an activating group) is 1. The molecule has 0 aliphatic carbocycles. The third-order valence-electron chi connectivity index (χ3n) is 3.95. The normalized spacial score (nSPS) is 18.1. The van der Waals surface area contributed by atoms with Crippen LogP contribution in [0.15, 0.2) is 18.2 Å². The second kappa shape index (κ2) is 7.82. The van der Waals surface area contributed by atoms with Crippen LogP contribution in [0.1, 0.15) is 12.5 Å². The van der Waals surface area contributed by atoms with Gasteiger partial charge in [0.1, 0.15) is 11.6 Å². The van der Waals surface area contributed by atoms with E-state index in [0.29, 0.717) is 18.0 Å². The van der Waals surface area contributed by atoms with Crippen molar-refractivity contribution in [3.05, 3.63) is 35.4 Å². The van der Waals surface area contributed by atoms with Crippen molar-refractivity contribution < 1.29 is 13.5 Å². The Morgan fingerprint density at radius 2 is 1.81 bits per heavy atom. The summed E-state index contributed by atoms with van der Waals surface area (Å²) in [6.07, 6.45) is 0.654. The van der Waals surface area contributed by atoms with Gasteiger partial charge in [-0.25, -0.2) is 8.78 Å². The maximum Gasteiger partial charge on any atom is 0.126 e. The minimum atomic E-state index is -0.505. The number of benzene rings is 1. The van der Waals surface area contributed by atoms with Gasteiger partial charge in [-0.3, -0.25) is 4.90 Å². The molecule has 1 aromatic carbocycles. The highest BCUT2D eigenvalue weighted by molar-refractivity contribution is 5.18. The number of ether oxygens (including phenoxy) is 1. The molecule has 1 fully saturated rings. The topological polar surface area (TPSA) is 15.7 Å². The summed E-state index contributed by atoms with van der Waals surface area (Å²) in [6, 6.07) is 4.18. The molecule has 0 radical (unpaired) electrons. The maximum atomic E-state index is 13.1. The Hall–Kier alpha value is -1.04. The predicted octanol–water partition coefficient (Wildman–Crippen LogP) is 2.16. The molecule has 1 aliphatic heterocycles. The molecule has 1 aliphatic rings. The van der Waals surface area contributed by atoms with Crippen LogP contribution in [0.4, 0.5) is 8.78 Å². The van der Waals surface area contributed by atoms with E-state index in [1.54, 1.807) is 0 Å². The highest BCUT2D eigenvalue weighted by Crippen LogP contribution is 2.10. The minimum Gasteiger partial charge on any atom is -0.379 e. The van der Waals surface area contributed by atoms with E-state index in [-0.39, 0.29) is 0 Å². The van der Waals surface area contributed by atoms with Crippen molar-refractivity contribution in [2.45, 2.75) is 19.4 Å². The van der Waals surface area contributed by atoms with Crippen molar-refractivity contribution in [3.63, 3.8) is 0 Å². The molecule has 1 saturated heterocycles. The lowest BCUT2D eigenvalue weighted by Crippen LogP contribution is -2.46. The van der Waals surface area contributed by atoms with Gasteiger partial charge >= 0.3 is 0 Å². The third kappa shape index (κ3) is 5.34. The van der Waals surface area contributed by atoms with Crippen LogP contribution in [-0.2, 0) is 11.2 Å². The Balaban J connectivity index is 1.77. The van der Waals surface area contributed by atoms with Gasteiger partial charge in [0.2, 0.25) is 0 Å². The van der Waals surface area contributed by atoms with Gasteiger partial charge in [0.25, 0.3) is 0 Å². The summed E-state index contributed by atoms with van der Waals surface area (Å²) in [7, 11) is 2.05. The summed E-state index contributed by atoms with van der Waals surface area (Å²) >= 11 is 0. The molecule has 0 bridgehead atoms. The molecule has 1 heterocycles. The molecule has 0 aromatic heterocycles. The van der Waals surface area contributed by atoms with E-state index in [1.807, 2.05) is 7.05 Å². The van der Waals surface area contributed by atoms with Crippen molar-refractivity contribution >= 4 is 0 Å².